The summed E-state index contributed by atoms with van der Waals surface area (Å²) in [6.07, 6.45) is 5.50. The normalized spacial score (nSPS) is 16.5. The van der Waals surface area contributed by atoms with Crippen LogP contribution in [-0.2, 0) is 4.79 Å². The molecule has 1 amide bonds. The van der Waals surface area contributed by atoms with Gasteiger partial charge in [0.2, 0.25) is 0 Å². The van der Waals surface area contributed by atoms with Crippen molar-refractivity contribution in [2.45, 2.75) is 25.8 Å². The molecule has 1 aliphatic rings. The van der Waals surface area contributed by atoms with Gasteiger partial charge in [-0.1, -0.05) is 24.8 Å². The molecular formula is C11H15NO. The summed E-state index contributed by atoms with van der Waals surface area (Å²) in [6, 6.07) is 0.390. The first-order valence-electron chi connectivity index (χ1n) is 4.44. The van der Waals surface area contributed by atoms with E-state index in [1.165, 1.54) is 0 Å². The fourth-order valence-electron chi connectivity index (χ4n) is 0.979. The Bertz CT molecular complexity index is 272. The molecular weight excluding hydrogens is 162 g/mol. The smallest absolute Gasteiger partial charge is 0.251 e. The van der Waals surface area contributed by atoms with Crippen LogP contribution < -0.4 is 5.32 Å². The molecule has 13 heavy (non-hydrogen) atoms. The van der Waals surface area contributed by atoms with E-state index in [2.05, 4.69) is 18.5 Å². The van der Waals surface area contributed by atoms with Crippen molar-refractivity contribution in [3.8, 4) is 0 Å². The number of hydrogen-bond acceptors (Lipinski definition) is 1. The molecule has 2 heteroatoms. The molecule has 0 aromatic heterocycles. The summed E-state index contributed by atoms with van der Waals surface area (Å²) < 4.78 is 0. The second-order valence-corrected chi connectivity index (χ2v) is 3.40. The van der Waals surface area contributed by atoms with Crippen molar-refractivity contribution >= 4 is 5.91 Å². The summed E-state index contributed by atoms with van der Waals surface area (Å²) in [4.78, 5) is 11.5. The van der Waals surface area contributed by atoms with E-state index in [4.69, 9.17) is 0 Å². The second kappa shape index (κ2) is 4.08. The monoisotopic (exact) mass is 177 g/mol. The maximum absolute atomic E-state index is 11.5. The van der Waals surface area contributed by atoms with Gasteiger partial charge in [-0.15, -0.1) is 0 Å². The predicted molar refractivity (Wildman–Crippen MR) is 54.3 cm³/mol. The Hall–Kier alpha value is -1.31. The number of carbonyl (C=O) groups is 1. The molecule has 70 valence electrons. The SMILES string of the molecule is C=C/C(=C\C(=C)C)C(=O)NC1CC1. The van der Waals surface area contributed by atoms with Gasteiger partial charge in [0.25, 0.3) is 5.91 Å². The number of carbonyl (C=O) groups excluding carboxylic acids is 1. The van der Waals surface area contributed by atoms with Crippen molar-refractivity contribution in [3.63, 3.8) is 0 Å². The lowest BCUT2D eigenvalue weighted by atomic mass is 10.1. The van der Waals surface area contributed by atoms with E-state index in [0.29, 0.717) is 11.6 Å². The minimum Gasteiger partial charge on any atom is -0.349 e. The lowest BCUT2D eigenvalue weighted by Crippen LogP contribution is -2.26. The number of allylic oxidation sites excluding steroid dienone is 2. The lowest BCUT2D eigenvalue weighted by Gasteiger charge is -2.03. The number of amides is 1. The highest BCUT2D eigenvalue weighted by molar-refractivity contribution is 5.96. The molecule has 1 N–H and O–H groups in total. The molecule has 0 saturated heterocycles. The van der Waals surface area contributed by atoms with E-state index in [1.807, 2.05) is 6.92 Å². The largest absolute Gasteiger partial charge is 0.349 e. The van der Waals surface area contributed by atoms with Gasteiger partial charge in [-0.25, -0.2) is 0 Å². The molecule has 0 radical (unpaired) electrons. The average Bonchev–Trinajstić information content (AvgIpc) is 2.83. The molecule has 1 aliphatic carbocycles. The molecule has 1 fully saturated rings. The van der Waals surface area contributed by atoms with Crippen molar-refractivity contribution in [1.29, 1.82) is 0 Å². The Balaban J connectivity index is 2.58. The molecule has 1 rings (SSSR count). The number of hydrogen-bond donors (Lipinski definition) is 1. The molecule has 0 aliphatic heterocycles. The Kier molecular flexibility index (Phi) is 3.07. The van der Waals surface area contributed by atoms with Crippen LogP contribution in [0.3, 0.4) is 0 Å². The second-order valence-electron chi connectivity index (χ2n) is 3.40. The van der Waals surface area contributed by atoms with Gasteiger partial charge >= 0.3 is 0 Å². The molecule has 0 heterocycles. The van der Waals surface area contributed by atoms with Crippen molar-refractivity contribution in [1.82, 2.24) is 5.32 Å². The van der Waals surface area contributed by atoms with Crippen molar-refractivity contribution < 1.29 is 4.79 Å². The van der Waals surface area contributed by atoms with Crippen LogP contribution in [0, 0.1) is 0 Å². The van der Waals surface area contributed by atoms with Crippen LogP contribution in [0.2, 0.25) is 0 Å². The molecule has 0 atom stereocenters. The highest BCUT2D eigenvalue weighted by Gasteiger charge is 2.23. The third-order valence-corrected chi connectivity index (χ3v) is 1.80. The van der Waals surface area contributed by atoms with E-state index in [-0.39, 0.29) is 5.91 Å². The Labute approximate surface area is 79.0 Å². The Morgan fingerprint density at radius 3 is 2.54 bits per heavy atom. The molecule has 0 aromatic rings. The summed E-state index contributed by atoms with van der Waals surface area (Å²) in [6.45, 7) is 9.16. The first-order chi connectivity index (χ1) is 6.13. The van der Waals surface area contributed by atoms with Gasteiger partial charge in [0, 0.05) is 11.6 Å². The third-order valence-electron chi connectivity index (χ3n) is 1.80. The first-order valence-corrected chi connectivity index (χ1v) is 4.44. The fourth-order valence-corrected chi connectivity index (χ4v) is 0.979. The maximum Gasteiger partial charge on any atom is 0.251 e. The van der Waals surface area contributed by atoms with Crippen LogP contribution in [0.25, 0.3) is 0 Å². The van der Waals surface area contributed by atoms with Crippen molar-refractivity contribution in [2.24, 2.45) is 0 Å². The molecule has 0 unspecified atom stereocenters. The predicted octanol–water partition coefficient (Wildman–Crippen LogP) is 1.95. The number of rotatable bonds is 4. The minimum atomic E-state index is -0.0412. The number of nitrogens with one attached hydrogen (secondary N) is 1. The first kappa shape index (κ1) is 9.78. The standard InChI is InChI=1S/C11H15NO/c1-4-9(7-8(2)3)11(13)12-10-5-6-10/h4,7,10H,1-2,5-6H2,3H3,(H,12,13)/b9-7+. The topological polar surface area (TPSA) is 29.1 Å². The molecule has 1 saturated carbocycles. The quantitative estimate of drug-likeness (QED) is 0.516. The van der Waals surface area contributed by atoms with Crippen LogP contribution in [0.1, 0.15) is 19.8 Å². The maximum atomic E-state index is 11.5. The van der Waals surface area contributed by atoms with Crippen LogP contribution in [-0.4, -0.2) is 11.9 Å². The molecule has 2 nitrogen and oxygen atoms in total. The van der Waals surface area contributed by atoms with Crippen LogP contribution in [0.5, 0.6) is 0 Å². The van der Waals surface area contributed by atoms with Crippen molar-refractivity contribution in [2.75, 3.05) is 0 Å². The molecule has 0 aromatic carbocycles. The van der Waals surface area contributed by atoms with E-state index in [9.17, 15) is 4.79 Å². The summed E-state index contributed by atoms with van der Waals surface area (Å²) in [5.41, 5.74) is 1.46. The van der Waals surface area contributed by atoms with Crippen LogP contribution >= 0.6 is 0 Å². The van der Waals surface area contributed by atoms with Gasteiger partial charge in [0.05, 0.1) is 0 Å². The minimum absolute atomic E-state index is 0.0412. The van der Waals surface area contributed by atoms with E-state index in [0.717, 1.165) is 18.4 Å². The summed E-state index contributed by atoms with van der Waals surface area (Å²) in [7, 11) is 0. The van der Waals surface area contributed by atoms with Gasteiger partial charge in [-0.05, 0) is 25.8 Å². The van der Waals surface area contributed by atoms with Crippen LogP contribution in [0.15, 0.2) is 36.5 Å². The summed E-state index contributed by atoms with van der Waals surface area (Å²) >= 11 is 0. The highest BCUT2D eigenvalue weighted by atomic mass is 16.1. The van der Waals surface area contributed by atoms with Gasteiger partial charge in [0.1, 0.15) is 0 Å². The van der Waals surface area contributed by atoms with Gasteiger partial charge in [-0.2, -0.15) is 0 Å². The molecule has 0 spiro atoms. The Morgan fingerprint density at radius 1 is 1.54 bits per heavy atom. The van der Waals surface area contributed by atoms with Gasteiger partial charge in [-0.3, -0.25) is 4.79 Å². The van der Waals surface area contributed by atoms with E-state index < -0.39 is 0 Å². The van der Waals surface area contributed by atoms with Crippen LogP contribution in [0.4, 0.5) is 0 Å². The third kappa shape index (κ3) is 3.28. The van der Waals surface area contributed by atoms with E-state index >= 15 is 0 Å². The summed E-state index contributed by atoms with van der Waals surface area (Å²) in [5, 5.41) is 2.89. The lowest BCUT2D eigenvalue weighted by molar-refractivity contribution is -0.117. The van der Waals surface area contributed by atoms with E-state index in [1.54, 1.807) is 12.2 Å². The highest BCUT2D eigenvalue weighted by Crippen LogP contribution is 2.19. The summed E-state index contributed by atoms with van der Waals surface area (Å²) in [5.74, 6) is -0.0412. The van der Waals surface area contributed by atoms with Gasteiger partial charge in [0.15, 0.2) is 0 Å². The van der Waals surface area contributed by atoms with Gasteiger partial charge < -0.3 is 5.32 Å². The zero-order valence-electron chi connectivity index (χ0n) is 7.97. The van der Waals surface area contributed by atoms with Crippen molar-refractivity contribution in [3.05, 3.63) is 36.5 Å². The zero-order valence-corrected chi connectivity index (χ0v) is 7.97. The average molecular weight is 177 g/mol. The molecule has 0 bridgehead atoms. The fraction of sp³-hybridized carbons (Fsp3) is 0.364. The zero-order chi connectivity index (χ0) is 9.84. The Morgan fingerprint density at radius 2 is 2.15 bits per heavy atom.